The number of likely N-dealkylation sites (N-methyl/N-ethyl adjacent to an activating group) is 1. The summed E-state index contributed by atoms with van der Waals surface area (Å²) < 4.78 is 5.20. The number of piperazine rings is 1. The fourth-order valence-corrected chi connectivity index (χ4v) is 4.93. The third kappa shape index (κ3) is 6.07. The molecule has 9 heteroatoms. The maximum absolute atomic E-state index is 13.5. The minimum absolute atomic E-state index is 0.00000768. The lowest BCUT2D eigenvalue weighted by atomic mass is 9.92. The van der Waals surface area contributed by atoms with E-state index in [2.05, 4.69) is 12.2 Å². The van der Waals surface area contributed by atoms with Gasteiger partial charge in [-0.05, 0) is 30.0 Å². The Bertz CT molecular complexity index is 877. The first-order valence-electron chi connectivity index (χ1n) is 12.8. The molecule has 0 spiro atoms. The fourth-order valence-electron chi connectivity index (χ4n) is 4.93. The molecule has 4 amide bonds. The highest BCUT2D eigenvalue weighted by atomic mass is 16.5. The summed E-state index contributed by atoms with van der Waals surface area (Å²) in [4.78, 5) is 43.6. The van der Waals surface area contributed by atoms with Gasteiger partial charge in [0.1, 0.15) is 18.0 Å². The Hall–Kier alpha value is -2.81. The van der Waals surface area contributed by atoms with Crippen LogP contribution in [-0.4, -0.2) is 83.7 Å². The molecule has 1 N–H and O–H groups in total. The standard InChI is InChI=1S/C26H41N5O4/c1-6-8-9-10-15-29-17-22-30(24(25(29)33)19(3)7-2)23(32)18-28(4)31(22)26(34)27-16-20-11-13-21(35-5)14-12-20/h11-14,19,22,24H,6-10,15-18H2,1-5H3,(H,27,34)/t19?,22-,24-/m0/s1. The number of unbranched alkanes of at least 4 members (excludes halogenated alkanes) is 3. The first-order valence-corrected chi connectivity index (χ1v) is 12.8. The Labute approximate surface area is 209 Å². The predicted molar refractivity (Wildman–Crippen MR) is 134 cm³/mol. The average molecular weight is 488 g/mol. The molecule has 0 radical (unpaired) electrons. The lowest BCUT2D eigenvalue weighted by Gasteiger charge is -2.55. The number of methoxy groups -OCH3 is 1. The van der Waals surface area contributed by atoms with Crippen molar-refractivity contribution in [1.82, 2.24) is 25.1 Å². The summed E-state index contributed by atoms with van der Waals surface area (Å²) in [6.07, 6.45) is 4.49. The molecule has 2 heterocycles. The predicted octanol–water partition coefficient (Wildman–Crippen LogP) is 3.06. The van der Waals surface area contributed by atoms with Crippen molar-refractivity contribution in [2.45, 2.75) is 71.6 Å². The van der Waals surface area contributed by atoms with Gasteiger partial charge in [0.15, 0.2) is 0 Å². The number of rotatable bonds is 10. The molecule has 3 rings (SSSR count). The monoisotopic (exact) mass is 487 g/mol. The molecule has 194 valence electrons. The van der Waals surface area contributed by atoms with Gasteiger partial charge in [0.25, 0.3) is 0 Å². The van der Waals surface area contributed by atoms with Crippen molar-refractivity contribution < 1.29 is 19.1 Å². The van der Waals surface area contributed by atoms with E-state index >= 15 is 0 Å². The number of fused-ring (bicyclic) bond motifs is 1. The molecule has 35 heavy (non-hydrogen) atoms. The van der Waals surface area contributed by atoms with E-state index in [1.54, 1.807) is 29.1 Å². The summed E-state index contributed by atoms with van der Waals surface area (Å²) in [6, 6.07) is 6.69. The van der Waals surface area contributed by atoms with E-state index in [9.17, 15) is 14.4 Å². The molecular formula is C26H41N5O4. The Morgan fingerprint density at radius 1 is 1.14 bits per heavy atom. The van der Waals surface area contributed by atoms with Gasteiger partial charge in [-0.2, -0.15) is 0 Å². The molecule has 2 aliphatic rings. The third-order valence-electron chi connectivity index (χ3n) is 7.15. The van der Waals surface area contributed by atoms with E-state index in [0.29, 0.717) is 19.6 Å². The summed E-state index contributed by atoms with van der Waals surface area (Å²) in [7, 11) is 3.37. The minimum atomic E-state index is -0.553. The van der Waals surface area contributed by atoms with E-state index in [1.165, 1.54) is 0 Å². The van der Waals surface area contributed by atoms with Crippen molar-refractivity contribution in [3.63, 3.8) is 0 Å². The van der Waals surface area contributed by atoms with Crippen molar-refractivity contribution >= 4 is 17.8 Å². The number of benzene rings is 1. The number of ether oxygens (including phenoxy) is 1. The zero-order valence-electron chi connectivity index (χ0n) is 21.8. The van der Waals surface area contributed by atoms with Gasteiger partial charge < -0.3 is 19.9 Å². The van der Waals surface area contributed by atoms with Crippen LogP contribution in [0.1, 0.15) is 58.4 Å². The summed E-state index contributed by atoms with van der Waals surface area (Å²) in [6.45, 7) is 7.59. The van der Waals surface area contributed by atoms with E-state index in [0.717, 1.165) is 43.4 Å². The summed E-state index contributed by atoms with van der Waals surface area (Å²) in [5.74, 6) is 0.650. The Morgan fingerprint density at radius 3 is 2.49 bits per heavy atom. The molecule has 0 aliphatic carbocycles. The Morgan fingerprint density at radius 2 is 1.86 bits per heavy atom. The van der Waals surface area contributed by atoms with Crippen LogP contribution in [0.3, 0.4) is 0 Å². The average Bonchev–Trinajstić information content (AvgIpc) is 2.85. The van der Waals surface area contributed by atoms with Gasteiger partial charge in [0, 0.05) is 20.1 Å². The highest BCUT2D eigenvalue weighted by Gasteiger charge is 2.51. The fraction of sp³-hybridized carbons (Fsp3) is 0.654. The second kappa shape index (κ2) is 12.2. The molecule has 2 aliphatic heterocycles. The first kappa shape index (κ1) is 26.8. The van der Waals surface area contributed by atoms with Crippen molar-refractivity contribution in [3.8, 4) is 5.75 Å². The zero-order chi connectivity index (χ0) is 25.5. The highest BCUT2D eigenvalue weighted by molar-refractivity contribution is 5.91. The maximum Gasteiger partial charge on any atom is 0.334 e. The molecule has 0 aromatic heterocycles. The number of amides is 4. The Balaban J connectivity index is 1.80. The van der Waals surface area contributed by atoms with Gasteiger partial charge >= 0.3 is 6.03 Å². The smallest absolute Gasteiger partial charge is 0.334 e. The first-order chi connectivity index (χ1) is 16.8. The van der Waals surface area contributed by atoms with Crippen LogP contribution in [0, 0.1) is 5.92 Å². The molecule has 1 aromatic carbocycles. The summed E-state index contributed by atoms with van der Waals surface area (Å²) >= 11 is 0. The molecule has 2 saturated heterocycles. The number of carbonyl (C=O) groups excluding carboxylic acids is 3. The van der Waals surface area contributed by atoms with E-state index in [-0.39, 0.29) is 30.3 Å². The second-order valence-corrected chi connectivity index (χ2v) is 9.62. The van der Waals surface area contributed by atoms with Crippen molar-refractivity contribution in [2.75, 3.05) is 33.8 Å². The van der Waals surface area contributed by atoms with Gasteiger partial charge in [-0.1, -0.05) is 58.6 Å². The van der Waals surface area contributed by atoms with Gasteiger partial charge in [0.2, 0.25) is 11.8 Å². The summed E-state index contributed by atoms with van der Waals surface area (Å²) in [5.41, 5.74) is 0.945. The second-order valence-electron chi connectivity index (χ2n) is 9.62. The molecular weight excluding hydrogens is 446 g/mol. The number of hydrogen-bond donors (Lipinski definition) is 1. The topological polar surface area (TPSA) is 85.4 Å². The molecule has 0 bridgehead atoms. The van der Waals surface area contributed by atoms with Crippen molar-refractivity contribution in [3.05, 3.63) is 29.8 Å². The number of nitrogens with zero attached hydrogens (tertiary/aromatic N) is 4. The quantitative estimate of drug-likeness (QED) is 0.513. The number of carbonyl (C=O) groups is 3. The number of hydrogen-bond acceptors (Lipinski definition) is 5. The van der Waals surface area contributed by atoms with Crippen molar-refractivity contribution in [1.29, 1.82) is 0 Å². The molecule has 1 unspecified atom stereocenters. The normalized spacial score (nSPS) is 21.7. The molecule has 0 saturated carbocycles. The Kier molecular flexibility index (Phi) is 9.37. The van der Waals surface area contributed by atoms with E-state index in [1.807, 2.05) is 43.0 Å². The van der Waals surface area contributed by atoms with Crippen LogP contribution >= 0.6 is 0 Å². The largest absolute Gasteiger partial charge is 0.497 e. The number of nitrogens with one attached hydrogen (secondary N) is 1. The van der Waals surface area contributed by atoms with Gasteiger partial charge in [-0.25, -0.2) is 14.8 Å². The van der Waals surface area contributed by atoms with E-state index in [4.69, 9.17) is 4.74 Å². The number of hydrazine groups is 1. The van der Waals surface area contributed by atoms with Crippen LogP contribution in [0.25, 0.3) is 0 Å². The lowest BCUT2D eigenvalue weighted by Crippen LogP contribution is -2.76. The molecule has 1 aromatic rings. The zero-order valence-corrected chi connectivity index (χ0v) is 21.8. The van der Waals surface area contributed by atoms with Crippen molar-refractivity contribution in [2.24, 2.45) is 5.92 Å². The molecule has 9 nitrogen and oxygen atoms in total. The van der Waals surface area contributed by atoms with Crippen LogP contribution in [0.4, 0.5) is 4.79 Å². The van der Waals surface area contributed by atoms with Crippen LogP contribution in [0.15, 0.2) is 24.3 Å². The van der Waals surface area contributed by atoms with Crippen LogP contribution in [0.5, 0.6) is 5.75 Å². The minimum Gasteiger partial charge on any atom is -0.497 e. The van der Waals surface area contributed by atoms with Crippen LogP contribution in [0.2, 0.25) is 0 Å². The summed E-state index contributed by atoms with van der Waals surface area (Å²) in [5, 5.41) is 6.28. The molecule has 3 atom stereocenters. The van der Waals surface area contributed by atoms with E-state index < -0.39 is 12.2 Å². The van der Waals surface area contributed by atoms with Crippen LogP contribution in [-0.2, 0) is 16.1 Å². The van der Waals surface area contributed by atoms with Gasteiger partial charge in [-0.3, -0.25) is 9.59 Å². The third-order valence-corrected chi connectivity index (χ3v) is 7.15. The lowest BCUT2D eigenvalue weighted by molar-refractivity contribution is -0.190. The van der Waals surface area contributed by atoms with Crippen LogP contribution < -0.4 is 10.1 Å². The molecule has 2 fully saturated rings. The van der Waals surface area contributed by atoms with Gasteiger partial charge in [0.05, 0.1) is 20.2 Å². The SMILES string of the molecule is CCCCCCN1C[C@H]2N(C(=O)CN(C)N2C(=O)NCc2ccc(OC)cc2)[C@@H](C(C)CC)C1=O. The maximum atomic E-state index is 13.5. The highest BCUT2D eigenvalue weighted by Crippen LogP contribution is 2.30. The number of urea groups is 1. The van der Waals surface area contributed by atoms with Gasteiger partial charge in [-0.15, -0.1) is 0 Å².